The van der Waals surface area contributed by atoms with Crippen LogP contribution in [0, 0.1) is 10.1 Å². The lowest BCUT2D eigenvalue weighted by Crippen LogP contribution is -2.36. The minimum Gasteiger partial charge on any atom is -0.295 e. The third-order valence-corrected chi connectivity index (χ3v) is 5.81. The maximum atomic E-state index is 11.7. The molecule has 1 fully saturated rings. The van der Waals surface area contributed by atoms with Crippen LogP contribution in [0.2, 0.25) is 0 Å². The van der Waals surface area contributed by atoms with Crippen LogP contribution >= 0.6 is 0 Å². The molecule has 0 radical (unpaired) electrons. The molecule has 1 aromatic carbocycles. The van der Waals surface area contributed by atoms with E-state index >= 15 is 0 Å². The van der Waals surface area contributed by atoms with Gasteiger partial charge < -0.3 is 0 Å². The highest BCUT2D eigenvalue weighted by atomic mass is 32.2. The van der Waals surface area contributed by atoms with Crippen molar-refractivity contribution in [3.63, 3.8) is 0 Å². The molecule has 0 saturated carbocycles. The zero-order chi connectivity index (χ0) is 16.2. The Labute approximate surface area is 131 Å². The van der Waals surface area contributed by atoms with Gasteiger partial charge in [0.25, 0.3) is 5.69 Å². The van der Waals surface area contributed by atoms with E-state index in [9.17, 15) is 18.5 Å². The van der Waals surface area contributed by atoms with Crippen molar-refractivity contribution >= 4 is 15.5 Å². The molecule has 1 aliphatic heterocycles. The first-order valence-corrected chi connectivity index (χ1v) is 9.41. The predicted molar refractivity (Wildman–Crippen MR) is 85.5 cm³/mol. The van der Waals surface area contributed by atoms with Crippen LogP contribution in [0.1, 0.15) is 31.7 Å². The van der Waals surface area contributed by atoms with E-state index < -0.39 is 14.8 Å². The molecule has 0 spiro atoms. The van der Waals surface area contributed by atoms with Crippen molar-refractivity contribution in [3.8, 4) is 0 Å². The Kier molecular flexibility index (Phi) is 5.52. The summed E-state index contributed by atoms with van der Waals surface area (Å²) in [5, 5.41) is 10.7. The topological polar surface area (TPSA) is 80.5 Å². The van der Waals surface area contributed by atoms with Gasteiger partial charge in [0, 0.05) is 24.7 Å². The number of nitro groups is 1. The highest BCUT2D eigenvalue weighted by Gasteiger charge is 2.31. The number of nitrogens with zero attached hydrogens (tertiary/aromatic N) is 2. The number of rotatable bonds is 7. The number of sulfone groups is 1. The summed E-state index contributed by atoms with van der Waals surface area (Å²) in [7, 11) is -2.91. The van der Waals surface area contributed by atoms with Gasteiger partial charge in [-0.15, -0.1) is 0 Å². The summed E-state index contributed by atoms with van der Waals surface area (Å²) in [5.74, 6) is 0.490. The van der Waals surface area contributed by atoms with Crippen LogP contribution in [0.4, 0.5) is 5.69 Å². The minimum atomic E-state index is -2.91. The monoisotopic (exact) mass is 326 g/mol. The van der Waals surface area contributed by atoms with Gasteiger partial charge in [-0.2, -0.15) is 0 Å². The molecule has 0 amide bonds. The van der Waals surface area contributed by atoms with E-state index in [1.165, 1.54) is 12.1 Å². The van der Waals surface area contributed by atoms with Crippen LogP contribution in [0.5, 0.6) is 0 Å². The number of benzene rings is 1. The van der Waals surface area contributed by atoms with Gasteiger partial charge in [0.1, 0.15) is 0 Å². The molecular weight excluding hydrogens is 304 g/mol. The van der Waals surface area contributed by atoms with Crippen molar-refractivity contribution in [3.05, 3.63) is 39.9 Å². The number of unbranched alkanes of at least 4 members (excludes halogenated alkanes) is 1. The maximum Gasteiger partial charge on any atom is 0.269 e. The maximum absolute atomic E-state index is 11.7. The second kappa shape index (κ2) is 7.19. The summed E-state index contributed by atoms with van der Waals surface area (Å²) in [5.41, 5.74) is 1.05. The molecule has 1 saturated heterocycles. The molecule has 0 N–H and O–H groups in total. The van der Waals surface area contributed by atoms with Crippen LogP contribution in [-0.4, -0.2) is 42.3 Å². The second-order valence-corrected chi connectivity index (χ2v) is 8.03. The minimum absolute atomic E-state index is 0.0618. The number of nitro benzene ring substituents is 1. The van der Waals surface area contributed by atoms with Gasteiger partial charge in [-0.25, -0.2) is 8.42 Å². The van der Waals surface area contributed by atoms with Crippen LogP contribution in [-0.2, 0) is 16.4 Å². The Balaban J connectivity index is 2.07. The Morgan fingerprint density at radius 1 is 1.32 bits per heavy atom. The van der Waals surface area contributed by atoms with E-state index in [1.54, 1.807) is 12.1 Å². The summed E-state index contributed by atoms with van der Waals surface area (Å²) in [6.45, 7) is 3.60. The molecule has 6 nitrogen and oxygen atoms in total. The van der Waals surface area contributed by atoms with Crippen LogP contribution in [0.3, 0.4) is 0 Å². The van der Waals surface area contributed by atoms with E-state index in [-0.39, 0.29) is 23.2 Å². The van der Waals surface area contributed by atoms with Gasteiger partial charge >= 0.3 is 0 Å². The molecule has 7 heteroatoms. The Morgan fingerprint density at radius 2 is 2.00 bits per heavy atom. The van der Waals surface area contributed by atoms with Gasteiger partial charge in [0.15, 0.2) is 9.84 Å². The van der Waals surface area contributed by atoms with Crippen molar-refractivity contribution in [2.45, 2.75) is 38.8 Å². The molecule has 122 valence electrons. The molecule has 0 aliphatic carbocycles. The normalized spacial score (nSPS) is 20.4. The lowest BCUT2D eigenvalue weighted by atomic mass is 10.1. The zero-order valence-corrected chi connectivity index (χ0v) is 13.6. The van der Waals surface area contributed by atoms with Crippen molar-refractivity contribution < 1.29 is 13.3 Å². The first-order valence-electron chi connectivity index (χ1n) is 7.59. The van der Waals surface area contributed by atoms with E-state index in [4.69, 9.17) is 0 Å². The highest BCUT2D eigenvalue weighted by Crippen LogP contribution is 2.21. The second-order valence-electron chi connectivity index (χ2n) is 5.80. The van der Waals surface area contributed by atoms with Crippen LogP contribution in [0.15, 0.2) is 24.3 Å². The first kappa shape index (κ1) is 16.9. The van der Waals surface area contributed by atoms with Crippen LogP contribution in [0.25, 0.3) is 0 Å². The Morgan fingerprint density at radius 3 is 2.50 bits per heavy atom. The van der Waals surface area contributed by atoms with Gasteiger partial charge in [0.05, 0.1) is 16.4 Å². The Hall–Kier alpha value is -1.47. The molecule has 1 heterocycles. The quantitative estimate of drug-likeness (QED) is 0.567. The van der Waals surface area contributed by atoms with E-state index in [2.05, 4.69) is 11.8 Å². The van der Waals surface area contributed by atoms with Crippen LogP contribution < -0.4 is 0 Å². The molecule has 22 heavy (non-hydrogen) atoms. The summed E-state index contributed by atoms with van der Waals surface area (Å²) in [6, 6.07) is 6.56. The SMILES string of the molecule is CCCCN(Cc1ccc([N+](=O)[O-])cc1)[C@H]1CCS(=O)(=O)C1. The molecule has 1 aliphatic rings. The lowest BCUT2D eigenvalue weighted by molar-refractivity contribution is -0.384. The average Bonchev–Trinajstić information content (AvgIpc) is 2.84. The molecule has 2 rings (SSSR count). The van der Waals surface area contributed by atoms with E-state index in [1.807, 2.05) is 0 Å². The molecule has 0 bridgehead atoms. The lowest BCUT2D eigenvalue weighted by Gasteiger charge is -2.28. The van der Waals surface area contributed by atoms with E-state index in [0.29, 0.717) is 13.0 Å². The fourth-order valence-electron chi connectivity index (χ4n) is 2.77. The summed E-state index contributed by atoms with van der Waals surface area (Å²) in [4.78, 5) is 12.5. The first-order chi connectivity index (χ1) is 10.4. The van der Waals surface area contributed by atoms with Gasteiger partial charge in [-0.1, -0.05) is 25.5 Å². The Bertz CT molecular complexity index is 613. The highest BCUT2D eigenvalue weighted by molar-refractivity contribution is 7.91. The molecular formula is C15H22N2O4S. The standard InChI is InChI=1S/C15H22N2O4S/c1-2-3-9-16(15-8-10-22(20,21)12-15)11-13-4-6-14(7-5-13)17(18)19/h4-7,15H,2-3,8-12H2,1H3/t15-/m0/s1. The summed E-state index contributed by atoms with van der Waals surface area (Å²) >= 11 is 0. The summed E-state index contributed by atoms with van der Waals surface area (Å²) < 4.78 is 23.4. The smallest absolute Gasteiger partial charge is 0.269 e. The number of non-ortho nitro benzene ring substituents is 1. The van der Waals surface area contributed by atoms with Crippen molar-refractivity contribution in [1.29, 1.82) is 0 Å². The number of hydrogen-bond donors (Lipinski definition) is 0. The fourth-order valence-corrected chi connectivity index (χ4v) is 4.53. The van der Waals surface area contributed by atoms with Gasteiger partial charge in [-0.3, -0.25) is 15.0 Å². The largest absolute Gasteiger partial charge is 0.295 e. The van der Waals surface area contributed by atoms with Crippen molar-refractivity contribution in [2.75, 3.05) is 18.1 Å². The average molecular weight is 326 g/mol. The predicted octanol–water partition coefficient (Wildman–Crippen LogP) is 2.38. The third-order valence-electron chi connectivity index (χ3n) is 4.06. The molecule has 1 atom stereocenters. The summed E-state index contributed by atoms with van der Waals surface area (Å²) in [6.07, 6.45) is 2.75. The molecule has 0 aromatic heterocycles. The van der Waals surface area contributed by atoms with Gasteiger partial charge in [-0.05, 0) is 24.9 Å². The van der Waals surface area contributed by atoms with Crippen molar-refractivity contribution in [2.24, 2.45) is 0 Å². The van der Waals surface area contributed by atoms with E-state index in [0.717, 1.165) is 24.9 Å². The molecule has 1 aromatic rings. The van der Waals surface area contributed by atoms with Crippen molar-refractivity contribution in [1.82, 2.24) is 4.90 Å². The fraction of sp³-hybridized carbons (Fsp3) is 0.600. The molecule has 0 unspecified atom stereocenters. The third kappa shape index (κ3) is 4.51. The van der Waals surface area contributed by atoms with Gasteiger partial charge in [0.2, 0.25) is 0 Å². The zero-order valence-electron chi connectivity index (χ0n) is 12.8. The number of hydrogen-bond acceptors (Lipinski definition) is 5.